The molecule has 9 heteroatoms. The van der Waals surface area contributed by atoms with Crippen LogP contribution in [-0.2, 0) is 27.4 Å². The van der Waals surface area contributed by atoms with Crippen LogP contribution in [0.4, 0.5) is 0 Å². The van der Waals surface area contributed by atoms with Gasteiger partial charge < -0.3 is 19.4 Å². The number of carbonyl (C=O) groups excluding carboxylic acids is 2. The normalized spacial score (nSPS) is 16.2. The zero-order valence-corrected chi connectivity index (χ0v) is 20.2. The minimum Gasteiger partial charge on any atom is -0.467 e. The highest BCUT2D eigenvalue weighted by Crippen LogP contribution is 2.27. The maximum atomic E-state index is 13.9. The van der Waals surface area contributed by atoms with Crippen molar-refractivity contribution in [2.75, 3.05) is 13.2 Å². The van der Waals surface area contributed by atoms with Crippen molar-refractivity contribution in [1.82, 2.24) is 25.2 Å². The Morgan fingerprint density at radius 2 is 1.97 bits per heavy atom. The van der Waals surface area contributed by atoms with Gasteiger partial charge in [0, 0.05) is 13.2 Å². The van der Waals surface area contributed by atoms with Crippen LogP contribution in [-0.4, -0.2) is 51.0 Å². The van der Waals surface area contributed by atoms with Gasteiger partial charge in [0.05, 0.1) is 24.4 Å². The summed E-state index contributed by atoms with van der Waals surface area (Å²) in [5.41, 5.74) is 3.12. The Morgan fingerprint density at radius 3 is 2.75 bits per heavy atom. The average molecular weight is 488 g/mol. The molecule has 0 aliphatic carbocycles. The number of para-hydroxylation sites is 1. The summed E-state index contributed by atoms with van der Waals surface area (Å²) in [6, 6.07) is 17.8. The highest BCUT2D eigenvalue weighted by Gasteiger charge is 2.34. The van der Waals surface area contributed by atoms with Crippen LogP contribution in [0.25, 0.3) is 11.0 Å². The molecule has 0 bridgehead atoms. The van der Waals surface area contributed by atoms with Crippen LogP contribution in [0.15, 0.2) is 71.3 Å². The maximum absolute atomic E-state index is 13.9. The summed E-state index contributed by atoms with van der Waals surface area (Å²) in [6.45, 7) is 3.11. The van der Waals surface area contributed by atoms with E-state index in [1.165, 1.54) is 0 Å². The number of hydrogen-bond acceptors (Lipinski definition) is 6. The van der Waals surface area contributed by atoms with E-state index in [1.807, 2.05) is 55.5 Å². The van der Waals surface area contributed by atoms with Crippen molar-refractivity contribution in [3.05, 3.63) is 83.8 Å². The van der Waals surface area contributed by atoms with Crippen LogP contribution >= 0.6 is 0 Å². The van der Waals surface area contributed by atoms with Gasteiger partial charge in [0.15, 0.2) is 0 Å². The third-order valence-electron chi connectivity index (χ3n) is 6.50. The number of hydrogen-bond donors (Lipinski definition) is 1. The molecule has 186 valence electrons. The molecule has 1 aliphatic rings. The molecule has 3 heterocycles. The fraction of sp³-hybridized carbons (Fsp3) is 0.333. The van der Waals surface area contributed by atoms with Crippen molar-refractivity contribution < 1.29 is 18.7 Å². The molecule has 0 saturated carbocycles. The lowest BCUT2D eigenvalue weighted by atomic mass is 9.98. The largest absolute Gasteiger partial charge is 0.467 e. The number of rotatable bonds is 9. The Bertz CT molecular complexity index is 1330. The molecule has 2 atom stereocenters. The highest BCUT2D eigenvalue weighted by molar-refractivity contribution is 5.89. The van der Waals surface area contributed by atoms with E-state index < -0.39 is 6.04 Å². The summed E-state index contributed by atoms with van der Waals surface area (Å²) in [4.78, 5) is 29.1. The van der Waals surface area contributed by atoms with E-state index in [-0.39, 0.29) is 31.0 Å². The van der Waals surface area contributed by atoms with Crippen LogP contribution < -0.4 is 5.32 Å². The smallest absolute Gasteiger partial charge is 0.247 e. The van der Waals surface area contributed by atoms with Gasteiger partial charge in [-0.3, -0.25) is 9.59 Å². The molecule has 1 N–H and O–H groups in total. The quantitative estimate of drug-likeness (QED) is 0.388. The Hall–Kier alpha value is -3.98. The van der Waals surface area contributed by atoms with Crippen molar-refractivity contribution in [3.8, 4) is 0 Å². The summed E-state index contributed by atoms with van der Waals surface area (Å²) >= 11 is 0. The van der Waals surface area contributed by atoms with Crippen molar-refractivity contribution >= 4 is 22.8 Å². The van der Waals surface area contributed by atoms with E-state index >= 15 is 0 Å². The lowest BCUT2D eigenvalue weighted by molar-refractivity contribution is -0.142. The highest BCUT2D eigenvalue weighted by atomic mass is 16.5. The van der Waals surface area contributed by atoms with Crippen LogP contribution in [0, 0.1) is 6.92 Å². The fourth-order valence-corrected chi connectivity index (χ4v) is 4.61. The van der Waals surface area contributed by atoms with Gasteiger partial charge in [0.25, 0.3) is 0 Å². The number of nitrogens with one attached hydrogen (secondary N) is 1. The molecule has 2 amide bonds. The average Bonchev–Trinajstić information content (AvgIpc) is 3.67. The maximum Gasteiger partial charge on any atom is 0.247 e. The third-order valence-corrected chi connectivity index (χ3v) is 6.50. The number of ether oxygens (including phenoxy) is 1. The van der Waals surface area contributed by atoms with Gasteiger partial charge in [-0.1, -0.05) is 41.6 Å². The lowest BCUT2D eigenvalue weighted by Gasteiger charge is -2.32. The molecule has 2 aromatic carbocycles. The summed E-state index contributed by atoms with van der Waals surface area (Å²) in [5, 5.41) is 11.4. The zero-order valence-electron chi connectivity index (χ0n) is 20.2. The van der Waals surface area contributed by atoms with Crippen molar-refractivity contribution in [2.24, 2.45) is 0 Å². The molecule has 4 aromatic rings. The predicted molar refractivity (Wildman–Crippen MR) is 133 cm³/mol. The van der Waals surface area contributed by atoms with Gasteiger partial charge in [-0.2, -0.15) is 0 Å². The number of benzene rings is 2. The molecule has 0 spiro atoms. The second-order valence-corrected chi connectivity index (χ2v) is 8.98. The monoisotopic (exact) mass is 487 g/mol. The molecule has 5 rings (SSSR count). The third kappa shape index (κ3) is 5.16. The van der Waals surface area contributed by atoms with E-state index in [0.717, 1.165) is 29.5 Å². The second kappa shape index (κ2) is 10.7. The van der Waals surface area contributed by atoms with Crippen LogP contribution in [0.3, 0.4) is 0 Å². The number of furan rings is 1. The molecule has 0 radical (unpaired) electrons. The van der Waals surface area contributed by atoms with Gasteiger partial charge in [-0.25, -0.2) is 4.68 Å². The van der Waals surface area contributed by atoms with E-state index in [4.69, 9.17) is 9.15 Å². The summed E-state index contributed by atoms with van der Waals surface area (Å²) in [7, 11) is 0. The fourth-order valence-electron chi connectivity index (χ4n) is 4.61. The second-order valence-electron chi connectivity index (χ2n) is 8.98. The minimum absolute atomic E-state index is 0.0118. The Kier molecular flexibility index (Phi) is 7.08. The van der Waals surface area contributed by atoms with E-state index in [0.29, 0.717) is 24.4 Å². The topological polar surface area (TPSA) is 102 Å². The first-order valence-corrected chi connectivity index (χ1v) is 12.1. The molecular formula is C27H29N5O4. The number of aryl methyl sites for hydroxylation is 1. The van der Waals surface area contributed by atoms with E-state index in [9.17, 15) is 9.59 Å². The number of aromatic nitrogens is 3. The van der Waals surface area contributed by atoms with Crippen molar-refractivity contribution in [1.29, 1.82) is 0 Å². The summed E-state index contributed by atoms with van der Waals surface area (Å²) < 4.78 is 12.8. The zero-order chi connectivity index (χ0) is 24.9. The molecular weight excluding hydrogens is 458 g/mol. The van der Waals surface area contributed by atoms with Crippen LogP contribution in [0.5, 0.6) is 0 Å². The SMILES string of the molecule is Cc1ccccc1[C@@H](C(=O)NC[C@H]1CCCO1)N(Cc1ccco1)C(=O)Cn1nnc2ccccc21. The number of nitrogens with zero attached hydrogens (tertiary/aromatic N) is 4. The lowest BCUT2D eigenvalue weighted by Crippen LogP contribution is -2.46. The van der Waals surface area contributed by atoms with Crippen molar-refractivity contribution in [3.63, 3.8) is 0 Å². The van der Waals surface area contributed by atoms with Gasteiger partial charge in [0.1, 0.15) is 23.9 Å². The van der Waals surface area contributed by atoms with Crippen LogP contribution in [0.2, 0.25) is 0 Å². The number of amides is 2. The number of fused-ring (bicyclic) bond motifs is 1. The molecule has 1 saturated heterocycles. The van der Waals surface area contributed by atoms with Crippen molar-refractivity contribution in [2.45, 2.75) is 45.0 Å². The molecule has 36 heavy (non-hydrogen) atoms. The predicted octanol–water partition coefficient (Wildman–Crippen LogP) is 3.40. The Labute approximate surface area is 209 Å². The molecule has 2 aromatic heterocycles. The standard InChI is InChI=1S/C27H29N5O4/c1-19-8-2-3-11-22(19)26(27(34)28-16-20-9-6-14-35-20)31(17-21-10-7-15-36-21)25(33)18-32-24-13-5-4-12-23(24)29-30-32/h2-5,7-8,10-13,15,20,26H,6,9,14,16-18H2,1H3,(H,28,34)/t20-,26+/m1/s1. The van der Waals surface area contributed by atoms with E-state index in [2.05, 4.69) is 15.6 Å². The first kappa shape index (κ1) is 23.7. The molecule has 1 fully saturated rings. The van der Waals surface area contributed by atoms with Gasteiger partial charge in [-0.15, -0.1) is 5.10 Å². The first-order valence-electron chi connectivity index (χ1n) is 12.1. The minimum atomic E-state index is -0.861. The molecule has 0 unspecified atom stereocenters. The molecule has 9 nitrogen and oxygen atoms in total. The van der Waals surface area contributed by atoms with Crippen LogP contribution in [0.1, 0.15) is 35.8 Å². The van der Waals surface area contributed by atoms with Gasteiger partial charge >= 0.3 is 0 Å². The Balaban J connectivity index is 1.48. The van der Waals surface area contributed by atoms with Gasteiger partial charge in [0.2, 0.25) is 11.8 Å². The van der Waals surface area contributed by atoms with Gasteiger partial charge in [-0.05, 0) is 55.2 Å². The Morgan fingerprint density at radius 1 is 1.14 bits per heavy atom. The first-order chi connectivity index (χ1) is 17.6. The summed E-state index contributed by atoms with van der Waals surface area (Å²) in [5.74, 6) is 0.0445. The number of carbonyl (C=O) groups is 2. The van der Waals surface area contributed by atoms with E-state index in [1.54, 1.807) is 28.0 Å². The summed E-state index contributed by atoms with van der Waals surface area (Å²) in [6.07, 6.45) is 3.44. The molecule has 1 aliphatic heterocycles.